The van der Waals surface area contributed by atoms with Crippen molar-refractivity contribution in [2.45, 2.75) is 6.04 Å². The number of nitrogens with one attached hydrogen (secondary N) is 1. The molecule has 18 heavy (non-hydrogen) atoms. The van der Waals surface area contributed by atoms with Crippen LogP contribution < -0.4 is 10.1 Å². The zero-order valence-electron chi connectivity index (χ0n) is 10.2. The highest BCUT2D eigenvalue weighted by molar-refractivity contribution is 5.79. The highest BCUT2D eigenvalue weighted by Crippen LogP contribution is 2.17. The van der Waals surface area contributed by atoms with Gasteiger partial charge in [0.15, 0.2) is 0 Å². The molecular weight excluding hydrogens is 236 g/mol. The number of anilines is 1. The first-order valence-corrected chi connectivity index (χ1v) is 5.20. The first kappa shape index (κ1) is 13.7. The lowest BCUT2D eigenvalue weighted by Gasteiger charge is -2.15. The predicted octanol–water partition coefficient (Wildman–Crippen LogP) is 1.96. The van der Waals surface area contributed by atoms with Crippen LogP contribution in [0.25, 0.3) is 10.4 Å². The summed E-state index contributed by atoms with van der Waals surface area (Å²) in [6.07, 6.45) is 0. The highest BCUT2D eigenvalue weighted by atomic mass is 16.5. The summed E-state index contributed by atoms with van der Waals surface area (Å²) < 4.78 is 9.69. The van der Waals surface area contributed by atoms with Crippen LogP contribution in [0.15, 0.2) is 29.4 Å². The lowest BCUT2D eigenvalue weighted by atomic mass is 10.2. The number of nitrogens with zero attached hydrogens (tertiary/aromatic N) is 3. The predicted molar refractivity (Wildman–Crippen MR) is 66.4 cm³/mol. The van der Waals surface area contributed by atoms with Crippen LogP contribution in [0, 0.1) is 0 Å². The van der Waals surface area contributed by atoms with E-state index in [2.05, 4.69) is 20.1 Å². The molecule has 1 rings (SSSR count). The molecule has 0 aliphatic heterocycles. The summed E-state index contributed by atoms with van der Waals surface area (Å²) in [6.45, 7) is -0.0274. The van der Waals surface area contributed by atoms with Crippen molar-refractivity contribution in [3.8, 4) is 5.75 Å². The monoisotopic (exact) mass is 250 g/mol. The van der Waals surface area contributed by atoms with Gasteiger partial charge in [-0.25, -0.2) is 4.79 Å². The smallest absolute Gasteiger partial charge is 0.328 e. The summed E-state index contributed by atoms with van der Waals surface area (Å²) in [5.74, 6) is 0.164. The number of hydrogen-bond donors (Lipinski definition) is 1. The standard InChI is InChI=1S/C11H14N4O3/c1-17-9-5-3-4-8(6-9)14-10(7-13-15-12)11(16)18-2/h3-6,10,14H,7H2,1-2H3. The van der Waals surface area contributed by atoms with Gasteiger partial charge in [0.1, 0.15) is 11.8 Å². The summed E-state index contributed by atoms with van der Waals surface area (Å²) in [7, 11) is 2.83. The Kier molecular flexibility index (Phi) is 5.34. The van der Waals surface area contributed by atoms with E-state index < -0.39 is 12.0 Å². The van der Waals surface area contributed by atoms with Gasteiger partial charge >= 0.3 is 5.97 Å². The molecule has 1 N–H and O–H groups in total. The van der Waals surface area contributed by atoms with Crippen LogP contribution in [0.4, 0.5) is 5.69 Å². The maximum atomic E-state index is 11.5. The molecule has 0 amide bonds. The molecule has 0 bridgehead atoms. The van der Waals surface area contributed by atoms with Gasteiger partial charge in [-0.1, -0.05) is 11.2 Å². The first-order valence-electron chi connectivity index (χ1n) is 5.20. The van der Waals surface area contributed by atoms with E-state index in [1.807, 2.05) is 0 Å². The zero-order chi connectivity index (χ0) is 13.4. The first-order chi connectivity index (χ1) is 8.71. The van der Waals surface area contributed by atoms with Crippen molar-refractivity contribution in [1.82, 2.24) is 0 Å². The lowest BCUT2D eigenvalue weighted by molar-refractivity contribution is -0.141. The zero-order valence-corrected chi connectivity index (χ0v) is 10.2. The third kappa shape index (κ3) is 3.88. The van der Waals surface area contributed by atoms with E-state index in [0.29, 0.717) is 11.4 Å². The maximum absolute atomic E-state index is 11.5. The lowest BCUT2D eigenvalue weighted by Crippen LogP contribution is -2.33. The quantitative estimate of drug-likeness (QED) is 0.361. The van der Waals surface area contributed by atoms with E-state index in [9.17, 15) is 4.79 Å². The van der Waals surface area contributed by atoms with Crippen LogP contribution in [0.3, 0.4) is 0 Å². The van der Waals surface area contributed by atoms with Gasteiger partial charge in [-0.05, 0) is 17.7 Å². The third-order valence-corrected chi connectivity index (χ3v) is 2.22. The van der Waals surface area contributed by atoms with E-state index >= 15 is 0 Å². The van der Waals surface area contributed by atoms with E-state index in [1.54, 1.807) is 31.4 Å². The normalized spacial score (nSPS) is 11.0. The minimum atomic E-state index is -0.724. The Balaban J connectivity index is 2.80. The number of azide groups is 1. The molecule has 1 aromatic carbocycles. The number of benzene rings is 1. The summed E-state index contributed by atoms with van der Waals surface area (Å²) >= 11 is 0. The van der Waals surface area contributed by atoms with Gasteiger partial charge in [-0.15, -0.1) is 0 Å². The van der Waals surface area contributed by atoms with Crippen LogP contribution in [0.5, 0.6) is 5.75 Å². The summed E-state index contributed by atoms with van der Waals surface area (Å²) in [4.78, 5) is 14.1. The van der Waals surface area contributed by atoms with Gasteiger partial charge in [-0.2, -0.15) is 0 Å². The third-order valence-electron chi connectivity index (χ3n) is 2.22. The minimum absolute atomic E-state index is 0.0274. The molecule has 1 aromatic rings. The minimum Gasteiger partial charge on any atom is -0.497 e. The number of carbonyl (C=O) groups is 1. The van der Waals surface area contributed by atoms with Gasteiger partial charge in [-0.3, -0.25) is 0 Å². The van der Waals surface area contributed by atoms with Crippen LogP contribution in [0.1, 0.15) is 0 Å². The maximum Gasteiger partial charge on any atom is 0.328 e. The van der Waals surface area contributed by atoms with Crippen molar-refractivity contribution in [3.63, 3.8) is 0 Å². The molecule has 7 heteroatoms. The van der Waals surface area contributed by atoms with Gasteiger partial charge < -0.3 is 14.8 Å². The number of rotatable bonds is 6. The molecule has 0 heterocycles. The fourth-order valence-electron chi connectivity index (χ4n) is 1.35. The van der Waals surface area contributed by atoms with Crippen LogP contribution in [0.2, 0.25) is 0 Å². The van der Waals surface area contributed by atoms with E-state index in [1.165, 1.54) is 7.11 Å². The SMILES string of the molecule is COC(=O)C(CN=[N+]=[N-])Nc1cccc(OC)c1. The molecule has 0 fully saturated rings. The van der Waals surface area contributed by atoms with Crippen LogP contribution in [-0.2, 0) is 9.53 Å². The number of ether oxygens (including phenoxy) is 2. The van der Waals surface area contributed by atoms with E-state index in [4.69, 9.17) is 10.3 Å². The average Bonchev–Trinajstić information content (AvgIpc) is 2.42. The molecule has 0 spiro atoms. The van der Waals surface area contributed by atoms with E-state index in [-0.39, 0.29) is 6.54 Å². The molecule has 1 unspecified atom stereocenters. The molecule has 96 valence electrons. The second-order valence-corrected chi connectivity index (χ2v) is 3.37. The number of methoxy groups -OCH3 is 2. The molecule has 1 atom stereocenters. The molecule has 0 radical (unpaired) electrons. The second-order valence-electron chi connectivity index (χ2n) is 3.37. The molecule has 0 aromatic heterocycles. The Morgan fingerprint density at radius 2 is 2.33 bits per heavy atom. The Labute approximate surface area is 104 Å². The molecule has 7 nitrogen and oxygen atoms in total. The summed E-state index contributed by atoms with van der Waals surface area (Å²) in [5.41, 5.74) is 8.95. The Morgan fingerprint density at radius 3 is 2.94 bits per heavy atom. The number of carbonyl (C=O) groups excluding carboxylic acids is 1. The van der Waals surface area contributed by atoms with E-state index in [0.717, 1.165) is 0 Å². The highest BCUT2D eigenvalue weighted by Gasteiger charge is 2.17. The van der Waals surface area contributed by atoms with Crippen LogP contribution in [-0.4, -0.2) is 32.8 Å². The van der Waals surface area contributed by atoms with Crippen molar-refractivity contribution >= 4 is 11.7 Å². The summed E-state index contributed by atoms with van der Waals surface area (Å²) in [5, 5.41) is 6.29. The van der Waals surface area contributed by atoms with Crippen molar-refractivity contribution in [2.75, 3.05) is 26.1 Å². The van der Waals surface area contributed by atoms with Crippen molar-refractivity contribution in [2.24, 2.45) is 5.11 Å². The van der Waals surface area contributed by atoms with Gasteiger partial charge in [0.2, 0.25) is 0 Å². The van der Waals surface area contributed by atoms with Crippen molar-refractivity contribution in [3.05, 3.63) is 34.7 Å². The van der Waals surface area contributed by atoms with Crippen molar-refractivity contribution < 1.29 is 14.3 Å². The fourth-order valence-corrected chi connectivity index (χ4v) is 1.35. The average molecular weight is 250 g/mol. The number of hydrogen-bond acceptors (Lipinski definition) is 5. The Hall–Kier alpha value is -2.40. The largest absolute Gasteiger partial charge is 0.497 e. The number of esters is 1. The molecule has 0 saturated carbocycles. The fraction of sp³-hybridized carbons (Fsp3) is 0.364. The molecule has 0 aliphatic carbocycles. The molecule has 0 aliphatic rings. The molecule has 0 saturated heterocycles. The van der Waals surface area contributed by atoms with Gasteiger partial charge in [0.25, 0.3) is 0 Å². The molecular formula is C11H14N4O3. The Morgan fingerprint density at radius 1 is 1.56 bits per heavy atom. The topological polar surface area (TPSA) is 96.3 Å². The van der Waals surface area contributed by atoms with Gasteiger partial charge in [0, 0.05) is 16.7 Å². The second kappa shape index (κ2) is 7.03. The van der Waals surface area contributed by atoms with Crippen LogP contribution >= 0.6 is 0 Å². The summed E-state index contributed by atoms with van der Waals surface area (Å²) in [6, 6.07) is 6.34. The Bertz CT molecular complexity index is 457. The van der Waals surface area contributed by atoms with Crippen molar-refractivity contribution in [1.29, 1.82) is 0 Å². The van der Waals surface area contributed by atoms with Gasteiger partial charge in [0.05, 0.1) is 20.8 Å².